The largest absolute Gasteiger partial charge is 0.339 e. The summed E-state index contributed by atoms with van der Waals surface area (Å²) in [6.07, 6.45) is 2.38. The molecule has 1 fully saturated rings. The van der Waals surface area contributed by atoms with Crippen LogP contribution in [0.1, 0.15) is 41.3 Å². The van der Waals surface area contributed by atoms with E-state index in [1.165, 1.54) is 12.8 Å². The minimum Gasteiger partial charge on any atom is -0.339 e. The normalized spacial score (nSPS) is 15.5. The van der Waals surface area contributed by atoms with Gasteiger partial charge in [0.2, 0.25) is 0 Å². The van der Waals surface area contributed by atoms with Crippen molar-refractivity contribution >= 4 is 15.7 Å². The van der Waals surface area contributed by atoms with E-state index in [1.807, 2.05) is 14.0 Å². The number of aryl methyl sites for hydroxylation is 1. The zero-order valence-corrected chi connectivity index (χ0v) is 16.3. The van der Waals surface area contributed by atoms with Crippen molar-refractivity contribution in [3.63, 3.8) is 0 Å². The molecule has 1 saturated carbocycles. The predicted molar refractivity (Wildman–Crippen MR) is 103 cm³/mol. The van der Waals surface area contributed by atoms with Gasteiger partial charge in [0, 0.05) is 18.7 Å². The molecule has 0 heterocycles. The monoisotopic (exact) mass is 371 g/mol. The topological polar surface area (TPSA) is 54.5 Å². The summed E-state index contributed by atoms with van der Waals surface area (Å²) in [6, 6.07) is 14.0. The lowest BCUT2D eigenvalue weighted by Gasteiger charge is -2.25. The fraction of sp³-hybridized carbons (Fsp3) is 0.381. The molecule has 1 atom stereocenters. The molecule has 0 aromatic heterocycles. The van der Waals surface area contributed by atoms with Gasteiger partial charge in [-0.05, 0) is 62.4 Å². The van der Waals surface area contributed by atoms with Crippen LogP contribution >= 0.6 is 0 Å². The molecule has 1 unspecified atom stereocenters. The zero-order valence-electron chi connectivity index (χ0n) is 15.5. The Bertz CT molecular complexity index is 882. The van der Waals surface area contributed by atoms with E-state index in [0.29, 0.717) is 21.9 Å². The second kappa shape index (κ2) is 7.23. The fourth-order valence-corrected chi connectivity index (χ4v) is 4.42. The summed E-state index contributed by atoms with van der Waals surface area (Å²) in [5.41, 5.74) is 2.30. The predicted octanol–water partition coefficient (Wildman–Crippen LogP) is 3.84. The van der Waals surface area contributed by atoms with Gasteiger partial charge in [-0.25, -0.2) is 8.42 Å². The Hall–Kier alpha value is -2.14. The van der Waals surface area contributed by atoms with Gasteiger partial charge in [0.05, 0.1) is 10.6 Å². The first kappa shape index (κ1) is 18.6. The van der Waals surface area contributed by atoms with Crippen molar-refractivity contribution in [2.45, 2.75) is 43.4 Å². The minimum absolute atomic E-state index is 0.0164. The van der Waals surface area contributed by atoms with Crippen LogP contribution < -0.4 is 0 Å². The van der Waals surface area contributed by atoms with Crippen LogP contribution in [0.2, 0.25) is 0 Å². The van der Waals surface area contributed by atoms with E-state index < -0.39 is 9.84 Å². The molecule has 138 valence electrons. The number of amides is 1. The van der Waals surface area contributed by atoms with Crippen molar-refractivity contribution in [1.29, 1.82) is 0 Å². The number of hydrogen-bond acceptors (Lipinski definition) is 3. The number of benzene rings is 2. The van der Waals surface area contributed by atoms with E-state index in [0.717, 1.165) is 5.56 Å². The first-order valence-electron chi connectivity index (χ1n) is 8.93. The van der Waals surface area contributed by atoms with Crippen molar-refractivity contribution in [2.24, 2.45) is 5.92 Å². The average molecular weight is 372 g/mol. The summed E-state index contributed by atoms with van der Waals surface area (Å²) < 4.78 is 25.1. The summed E-state index contributed by atoms with van der Waals surface area (Å²) in [5, 5.41) is 0. The van der Waals surface area contributed by atoms with E-state index in [9.17, 15) is 13.2 Å². The lowest BCUT2D eigenvalue weighted by Crippen LogP contribution is -2.36. The van der Waals surface area contributed by atoms with Crippen molar-refractivity contribution < 1.29 is 13.2 Å². The van der Waals surface area contributed by atoms with E-state index in [4.69, 9.17) is 0 Å². The summed E-state index contributed by atoms with van der Waals surface area (Å²) >= 11 is 0. The van der Waals surface area contributed by atoms with Gasteiger partial charge < -0.3 is 4.90 Å². The van der Waals surface area contributed by atoms with Crippen molar-refractivity contribution in [3.8, 4) is 0 Å². The van der Waals surface area contributed by atoms with Gasteiger partial charge in [-0.1, -0.05) is 29.8 Å². The molecule has 2 aromatic carbocycles. The van der Waals surface area contributed by atoms with Gasteiger partial charge in [0.15, 0.2) is 9.84 Å². The first-order chi connectivity index (χ1) is 12.3. The highest BCUT2D eigenvalue weighted by Crippen LogP contribution is 2.35. The molecular weight excluding hydrogens is 346 g/mol. The third kappa shape index (κ3) is 4.15. The van der Waals surface area contributed by atoms with Gasteiger partial charge in [-0.3, -0.25) is 4.79 Å². The highest BCUT2D eigenvalue weighted by atomic mass is 32.2. The molecule has 1 aliphatic rings. The second-order valence-electron chi connectivity index (χ2n) is 7.26. The lowest BCUT2D eigenvalue weighted by molar-refractivity contribution is 0.0727. The number of nitrogens with zero attached hydrogens (tertiary/aromatic N) is 1. The standard InChI is InChI=1S/C21H25NO3S/c1-15-4-12-20(13-5-15)26(24,25)14-17-6-8-19(9-7-17)21(23)22(3)16(2)18-10-11-18/h4-9,12-13,16,18H,10-11,14H2,1-3H3. The van der Waals surface area contributed by atoms with Gasteiger partial charge in [-0.2, -0.15) is 0 Å². The smallest absolute Gasteiger partial charge is 0.253 e. The summed E-state index contributed by atoms with van der Waals surface area (Å²) in [6.45, 7) is 4.01. The maximum absolute atomic E-state index is 12.6. The molecule has 1 aliphatic carbocycles. The third-order valence-corrected chi connectivity index (χ3v) is 6.88. The Morgan fingerprint density at radius 2 is 1.65 bits per heavy atom. The molecule has 5 heteroatoms. The fourth-order valence-electron chi connectivity index (χ4n) is 3.08. The number of rotatable bonds is 6. The molecule has 2 aromatic rings. The van der Waals surface area contributed by atoms with Crippen LogP contribution in [0.4, 0.5) is 0 Å². The van der Waals surface area contributed by atoms with Gasteiger partial charge in [0.1, 0.15) is 0 Å². The Morgan fingerprint density at radius 3 is 2.19 bits per heavy atom. The summed E-state index contributed by atoms with van der Waals surface area (Å²) in [7, 11) is -1.56. The van der Waals surface area contributed by atoms with Crippen LogP contribution in [-0.2, 0) is 15.6 Å². The molecule has 3 rings (SSSR count). The maximum atomic E-state index is 12.6. The van der Waals surface area contributed by atoms with Crippen LogP contribution in [0.3, 0.4) is 0 Å². The van der Waals surface area contributed by atoms with E-state index in [1.54, 1.807) is 53.4 Å². The number of hydrogen-bond donors (Lipinski definition) is 0. The highest BCUT2D eigenvalue weighted by molar-refractivity contribution is 7.90. The first-order valence-corrected chi connectivity index (χ1v) is 10.6. The lowest BCUT2D eigenvalue weighted by atomic mass is 10.1. The van der Waals surface area contributed by atoms with Crippen molar-refractivity contribution in [3.05, 3.63) is 65.2 Å². The maximum Gasteiger partial charge on any atom is 0.253 e. The van der Waals surface area contributed by atoms with Crippen molar-refractivity contribution in [1.82, 2.24) is 4.90 Å². The van der Waals surface area contributed by atoms with Gasteiger partial charge in [0.25, 0.3) is 5.91 Å². The summed E-state index contributed by atoms with van der Waals surface area (Å²) in [4.78, 5) is 14.7. The summed E-state index contributed by atoms with van der Waals surface area (Å²) in [5.74, 6) is 0.527. The molecule has 0 saturated heterocycles. The Labute approximate surface area is 155 Å². The third-order valence-electron chi connectivity index (χ3n) is 5.17. The van der Waals surface area contributed by atoms with Crippen LogP contribution in [0.5, 0.6) is 0 Å². The molecule has 0 bridgehead atoms. The Balaban J connectivity index is 1.71. The molecule has 0 radical (unpaired) electrons. The molecule has 0 aliphatic heterocycles. The van der Waals surface area contributed by atoms with Crippen LogP contribution in [0.15, 0.2) is 53.4 Å². The Kier molecular flexibility index (Phi) is 5.19. The van der Waals surface area contributed by atoms with E-state index in [-0.39, 0.29) is 17.7 Å². The molecule has 4 nitrogen and oxygen atoms in total. The van der Waals surface area contributed by atoms with E-state index in [2.05, 4.69) is 6.92 Å². The molecule has 1 amide bonds. The van der Waals surface area contributed by atoms with Crippen molar-refractivity contribution in [2.75, 3.05) is 7.05 Å². The molecule has 26 heavy (non-hydrogen) atoms. The Morgan fingerprint density at radius 1 is 1.08 bits per heavy atom. The number of carbonyl (C=O) groups excluding carboxylic acids is 1. The second-order valence-corrected chi connectivity index (χ2v) is 9.25. The van der Waals surface area contributed by atoms with Crippen LogP contribution in [0, 0.1) is 12.8 Å². The highest BCUT2D eigenvalue weighted by Gasteiger charge is 2.32. The minimum atomic E-state index is -3.39. The van der Waals surface area contributed by atoms with Crippen LogP contribution in [0.25, 0.3) is 0 Å². The molecule has 0 spiro atoms. The van der Waals surface area contributed by atoms with E-state index >= 15 is 0 Å². The number of carbonyl (C=O) groups is 1. The SMILES string of the molecule is Cc1ccc(S(=O)(=O)Cc2ccc(C(=O)N(C)C(C)C3CC3)cc2)cc1. The van der Waals surface area contributed by atoms with Gasteiger partial charge in [-0.15, -0.1) is 0 Å². The van der Waals surface area contributed by atoms with Crippen LogP contribution in [-0.4, -0.2) is 32.3 Å². The zero-order chi connectivity index (χ0) is 18.9. The molecule has 0 N–H and O–H groups in total. The quantitative estimate of drug-likeness (QED) is 0.775. The number of sulfone groups is 1. The van der Waals surface area contributed by atoms with Gasteiger partial charge >= 0.3 is 0 Å². The molecular formula is C21H25NO3S. The average Bonchev–Trinajstić information content (AvgIpc) is 3.45.